The lowest BCUT2D eigenvalue weighted by Crippen LogP contribution is -2.58. The maximum Gasteiger partial charge on any atom is 0.127 e. The fourth-order valence-corrected chi connectivity index (χ4v) is 4.36. The van der Waals surface area contributed by atoms with E-state index in [-0.39, 0.29) is 0 Å². The summed E-state index contributed by atoms with van der Waals surface area (Å²) in [6, 6.07) is 16.2. The summed E-state index contributed by atoms with van der Waals surface area (Å²) in [6.07, 6.45) is 1.71. The van der Waals surface area contributed by atoms with E-state index in [4.69, 9.17) is 9.47 Å². The second-order valence-corrected chi connectivity index (χ2v) is 7.99. The third kappa shape index (κ3) is 4.32. The summed E-state index contributed by atoms with van der Waals surface area (Å²) in [5.74, 6) is 1.97. The highest BCUT2D eigenvalue weighted by Crippen LogP contribution is 2.34. The molecule has 2 aliphatic heterocycles. The molecule has 2 aliphatic rings. The molecule has 2 heterocycles. The highest BCUT2D eigenvalue weighted by molar-refractivity contribution is 5.41. The van der Waals surface area contributed by atoms with Crippen LogP contribution in [0.25, 0.3) is 0 Å². The first-order chi connectivity index (χ1) is 13.7. The number of nitrogens with one attached hydrogen (secondary N) is 1. The van der Waals surface area contributed by atoms with Crippen molar-refractivity contribution in [1.29, 1.82) is 0 Å². The van der Waals surface area contributed by atoms with E-state index in [2.05, 4.69) is 28.4 Å². The topological polar surface area (TPSA) is 54.0 Å². The summed E-state index contributed by atoms with van der Waals surface area (Å²) in [5.41, 5.74) is 1.82. The second-order valence-electron chi connectivity index (χ2n) is 7.99. The van der Waals surface area contributed by atoms with Gasteiger partial charge in [0.25, 0.3) is 0 Å². The Hall–Kier alpha value is -2.08. The molecule has 2 saturated heterocycles. The monoisotopic (exact) mass is 382 g/mol. The van der Waals surface area contributed by atoms with Crippen LogP contribution < -0.4 is 14.8 Å². The van der Waals surface area contributed by atoms with Gasteiger partial charge >= 0.3 is 0 Å². The van der Waals surface area contributed by atoms with Crippen molar-refractivity contribution < 1.29 is 14.6 Å². The van der Waals surface area contributed by atoms with E-state index in [1.165, 1.54) is 0 Å². The van der Waals surface area contributed by atoms with Crippen molar-refractivity contribution >= 4 is 0 Å². The third-order valence-corrected chi connectivity index (χ3v) is 6.13. The quantitative estimate of drug-likeness (QED) is 0.805. The van der Waals surface area contributed by atoms with Gasteiger partial charge in [0.15, 0.2) is 0 Å². The van der Waals surface area contributed by atoms with Crippen LogP contribution in [0, 0.1) is 5.92 Å². The van der Waals surface area contributed by atoms with Crippen LogP contribution >= 0.6 is 0 Å². The predicted octanol–water partition coefficient (Wildman–Crippen LogP) is 2.82. The molecule has 0 unspecified atom stereocenters. The van der Waals surface area contributed by atoms with E-state index in [9.17, 15) is 5.11 Å². The molecule has 0 amide bonds. The van der Waals surface area contributed by atoms with Gasteiger partial charge in [-0.15, -0.1) is 0 Å². The average Bonchev–Trinajstić information content (AvgIpc) is 2.74. The maximum atomic E-state index is 10.9. The van der Waals surface area contributed by atoms with E-state index in [1.807, 2.05) is 30.3 Å². The highest BCUT2D eigenvalue weighted by Gasteiger charge is 2.42. The molecular formula is C23H30N2O3. The molecule has 150 valence electrons. The number of fused-ring (bicyclic) bond motifs is 1. The van der Waals surface area contributed by atoms with E-state index in [1.54, 1.807) is 7.11 Å². The van der Waals surface area contributed by atoms with Crippen LogP contribution in [0.1, 0.15) is 24.0 Å². The van der Waals surface area contributed by atoms with Crippen molar-refractivity contribution in [1.82, 2.24) is 10.2 Å². The summed E-state index contributed by atoms with van der Waals surface area (Å²) < 4.78 is 11.6. The minimum atomic E-state index is -0.485. The Morgan fingerprint density at radius 2 is 2.04 bits per heavy atom. The molecule has 2 aromatic carbocycles. The normalized spacial score (nSPS) is 25.1. The molecule has 2 aromatic rings. The molecule has 2 N–H and O–H groups in total. The van der Waals surface area contributed by atoms with Gasteiger partial charge in [-0.05, 0) is 31.0 Å². The second kappa shape index (κ2) is 8.52. The number of likely N-dealkylation sites (tertiary alicyclic amines) is 1. The molecule has 0 bridgehead atoms. The van der Waals surface area contributed by atoms with Crippen LogP contribution in [0.2, 0.25) is 0 Å². The Morgan fingerprint density at radius 3 is 2.86 bits per heavy atom. The van der Waals surface area contributed by atoms with Gasteiger partial charge in [-0.3, -0.25) is 4.90 Å². The molecule has 0 radical (unpaired) electrons. The standard InChI is InChI=1S/C23H30N2O3/c1-27-22-13-21(28-17-18-5-3-2-4-6-18)8-7-19(22)15-25-12-10-23(26)9-11-24-14-20(23)16-25/h2-8,13,20,24,26H,9-12,14-17H2,1H3/t20-,23-/m0/s1. The highest BCUT2D eigenvalue weighted by atomic mass is 16.5. The summed E-state index contributed by atoms with van der Waals surface area (Å²) in [4.78, 5) is 2.43. The van der Waals surface area contributed by atoms with Crippen molar-refractivity contribution in [2.24, 2.45) is 5.92 Å². The first kappa shape index (κ1) is 19.2. The van der Waals surface area contributed by atoms with Crippen molar-refractivity contribution in [3.8, 4) is 11.5 Å². The summed E-state index contributed by atoms with van der Waals surface area (Å²) >= 11 is 0. The zero-order valence-electron chi connectivity index (χ0n) is 16.6. The lowest BCUT2D eigenvalue weighted by atomic mass is 9.76. The van der Waals surface area contributed by atoms with Gasteiger partial charge in [0, 0.05) is 43.7 Å². The van der Waals surface area contributed by atoms with Crippen molar-refractivity contribution in [3.63, 3.8) is 0 Å². The van der Waals surface area contributed by atoms with Crippen LogP contribution in [0.5, 0.6) is 11.5 Å². The van der Waals surface area contributed by atoms with Crippen LogP contribution in [-0.2, 0) is 13.2 Å². The summed E-state index contributed by atoms with van der Waals surface area (Å²) in [7, 11) is 1.71. The molecular weight excluding hydrogens is 352 g/mol. The van der Waals surface area contributed by atoms with E-state index >= 15 is 0 Å². The van der Waals surface area contributed by atoms with Crippen LogP contribution in [0.3, 0.4) is 0 Å². The molecule has 4 rings (SSSR count). The molecule has 5 heteroatoms. The van der Waals surface area contributed by atoms with Crippen LogP contribution in [-0.4, -0.2) is 48.9 Å². The number of hydrogen-bond acceptors (Lipinski definition) is 5. The average molecular weight is 383 g/mol. The molecule has 0 aromatic heterocycles. The van der Waals surface area contributed by atoms with Gasteiger partial charge in [0.2, 0.25) is 0 Å². The number of aliphatic hydroxyl groups is 1. The number of nitrogens with zero attached hydrogens (tertiary/aromatic N) is 1. The Bertz CT molecular complexity index is 783. The summed E-state index contributed by atoms with van der Waals surface area (Å²) in [6.45, 7) is 5.03. The Balaban J connectivity index is 1.39. The van der Waals surface area contributed by atoms with Gasteiger partial charge in [-0.2, -0.15) is 0 Å². The van der Waals surface area contributed by atoms with Crippen molar-refractivity contribution in [3.05, 3.63) is 59.7 Å². The number of rotatable bonds is 6. The Labute approximate surface area is 167 Å². The van der Waals surface area contributed by atoms with Gasteiger partial charge in [0.05, 0.1) is 12.7 Å². The molecule has 0 saturated carbocycles. The fourth-order valence-electron chi connectivity index (χ4n) is 4.36. The van der Waals surface area contributed by atoms with E-state index in [0.29, 0.717) is 12.5 Å². The zero-order valence-corrected chi connectivity index (χ0v) is 16.6. The summed E-state index contributed by atoms with van der Waals surface area (Å²) in [5, 5.41) is 14.3. The molecule has 5 nitrogen and oxygen atoms in total. The lowest BCUT2D eigenvalue weighted by Gasteiger charge is -2.47. The maximum absolute atomic E-state index is 10.9. The van der Waals surface area contributed by atoms with E-state index in [0.717, 1.165) is 68.2 Å². The van der Waals surface area contributed by atoms with Gasteiger partial charge in [-0.1, -0.05) is 36.4 Å². The molecule has 28 heavy (non-hydrogen) atoms. The Morgan fingerprint density at radius 1 is 1.18 bits per heavy atom. The smallest absolute Gasteiger partial charge is 0.127 e. The largest absolute Gasteiger partial charge is 0.496 e. The van der Waals surface area contributed by atoms with Crippen molar-refractivity contribution in [2.45, 2.75) is 31.6 Å². The first-order valence-corrected chi connectivity index (χ1v) is 10.2. The van der Waals surface area contributed by atoms with Crippen LogP contribution in [0.15, 0.2) is 48.5 Å². The van der Waals surface area contributed by atoms with Gasteiger partial charge in [-0.25, -0.2) is 0 Å². The zero-order chi connectivity index (χ0) is 19.4. The van der Waals surface area contributed by atoms with Gasteiger partial charge in [0.1, 0.15) is 18.1 Å². The Kier molecular flexibility index (Phi) is 5.85. The molecule has 2 fully saturated rings. The van der Waals surface area contributed by atoms with E-state index < -0.39 is 5.60 Å². The van der Waals surface area contributed by atoms with Crippen LogP contribution in [0.4, 0.5) is 0 Å². The molecule has 0 aliphatic carbocycles. The minimum absolute atomic E-state index is 0.300. The third-order valence-electron chi connectivity index (χ3n) is 6.13. The first-order valence-electron chi connectivity index (χ1n) is 10.2. The lowest BCUT2D eigenvalue weighted by molar-refractivity contribution is -0.0900. The number of methoxy groups -OCH3 is 1. The minimum Gasteiger partial charge on any atom is -0.496 e. The number of ether oxygens (including phenoxy) is 2. The van der Waals surface area contributed by atoms with Crippen molar-refractivity contribution in [2.75, 3.05) is 33.3 Å². The molecule has 2 atom stereocenters. The predicted molar refractivity (Wildman–Crippen MR) is 110 cm³/mol. The number of piperidine rings is 2. The number of benzene rings is 2. The molecule has 0 spiro atoms. The fraction of sp³-hybridized carbons (Fsp3) is 0.478. The number of hydrogen-bond donors (Lipinski definition) is 2. The SMILES string of the molecule is COc1cc(OCc2ccccc2)ccc1CN1CC[C@@]2(O)CCNC[C@H]2C1. The van der Waals surface area contributed by atoms with Gasteiger partial charge < -0.3 is 19.9 Å².